The van der Waals surface area contributed by atoms with Gasteiger partial charge in [-0.25, -0.2) is 9.07 Å². The van der Waals surface area contributed by atoms with Crippen molar-refractivity contribution in [2.24, 2.45) is 0 Å². The predicted octanol–water partition coefficient (Wildman–Crippen LogP) is 7.25. The van der Waals surface area contributed by atoms with Crippen LogP contribution in [0.15, 0.2) is 72.8 Å². The first-order valence-electron chi connectivity index (χ1n) is 10.0. The van der Waals surface area contributed by atoms with E-state index in [4.69, 9.17) is 11.6 Å². The van der Waals surface area contributed by atoms with Crippen molar-refractivity contribution in [3.05, 3.63) is 94.9 Å². The highest BCUT2D eigenvalue weighted by atomic mass is 35.5. The quantitative estimate of drug-likeness (QED) is 0.316. The second kappa shape index (κ2) is 8.32. The third kappa shape index (κ3) is 4.65. The first kappa shape index (κ1) is 23.0. The van der Waals surface area contributed by atoms with Gasteiger partial charge in [-0.3, -0.25) is 0 Å². The maximum Gasteiger partial charge on any atom is 0.417 e. The van der Waals surface area contributed by atoms with E-state index in [1.807, 2.05) is 0 Å². The lowest BCUT2D eigenvalue weighted by Crippen LogP contribution is -2.16. The number of para-hydroxylation sites is 1. The van der Waals surface area contributed by atoms with Crippen LogP contribution in [0.1, 0.15) is 25.1 Å². The van der Waals surface area contributed by atoms with Gasteiger partial charge in [0.15, 0.2) is 0 Å². The summed E-state index contributed by atoms with van der Waals surface area (Å²) >= 11 is 6.31. The van der Waals surface area contributed by atoms with E-state index in [0.29, 0.717) is 16.3 Å². The zero-order valence-electron chi connectivity index (χ0n) is 17.7. The van der Waals surface area contributed by atoms with Crippen molar-refractivity contribution >= 4 is 11.6 Å². The minimum Gasteiger partial charge on any atom is -0.384 e. The highest BCUT2D eigenvalue weighted by Crippen LogP contribution is 2.41. The van der Waals surface area contributed by atoms with Crippen molar-refractivity contribution in [3.8, 4) is 28.1 Å². The number of nitrogens with zero attached hydrogens (tertiary/aromatic N) is 2. The molecule has 8 heteroatoms. The van der Waals surface area contributed by atoms with Gasteiger partial charge in [-0.05, 0) is 61.4 Å². The number of hydrogen-bond acceptors (Lipinski definition) is 2. The maximum absolute atomic E-state index is 14.2. The molecule has 0 saturated carbocycles. The van der Waals surface area contributed by atoms with Crippen molar-refractivity contribution in [2.45, 2.75) is 25.6 Å². The molecule has 4 rings (SSSR count). The Bertz CT molecular complexity index is 1310. The first-order chi connectivity index (χ1) is 15.4. The summed E-state index contributed by atoms with van der Waals surface area (Å²) in [6, 6.07) is 17.2. The summed E-state index contributed by atoms with van der Waals surface area (Å²) in [5.74, 6) is -0.478. The van der Waals surface area contributed by atoms with E-state index in [1.54, 1.807) is 24.3 Å². The molecule has 0 atom stereocenters. The summed E-state index contributed by atoms with van der Waals surface area (Å²) in [6.07, 6.45) is -4.68. The van der Waals surface area contributed by atoms with E-state index >= 15 is 0 Å². The van der Waals surface area contributed by atoms with E-state index in [0.717, 1.165) is 6.07 Å². The van der Waals surface area contributed by atoms with Crippen LogP contribution < -0.4 is 0 Å². The Hall–Kier alpha value is -3.16. The smallest absolute Gasteiger partial charge is 0.384 e. The molecule has 0 amide bonds. The normalized spacial score (nSPS) is 12.2. The molecule has 4 aromatic rings. The molecule has 0 aliphatic rings. The summed E-state index contributed by atoms with van der Waals surface area (Å²) in [6.45, 7) is 3.00. The highest BCUT2D eigenvalue weighted by molar-refractivity contribution is 6.32. The van der Waals surface area contributed by atoms with Gasteiger partial charge in [0.1, 0.15) is 11.4 Å². The lowest BCUT2D eigenvalue weighted by Gasteiger charge is -2.16. The summed E-state index contributed by atoms with van der Waals surface area (Å²) in [5.41, 5.74) is -0.987. The summed E-state index contributed by atoms with van der Waals surface area (Å²) < 4.78 is 57.1. The summed E-state index contributed by atoms with van der Waals surface area (Å²) in [4.78, 5) is 0. The fourth-order valence-corrected chi connectivity index (χ4v) is 3.72. The number of aromatic nitrogens is 2. The van der Waals surface area contributed by atoms with Crippen LogP contribution in [0.4, 0.5) is 17.6 Å². The number of alkyl halides is 3. The molecule has 170 valence electrons. The van der Waals surface area contributed by atoms with E-state index in [-0.39, 0.29) is 22.5 Å². The minimum atomic E-state index is -4.68. The Balaban J connectivity index is 1.97. The zero-order valence-corrected chi connectivity index (χ0v) is 18.4. The van der Waals surface area contributed by atoms with Crippen LogP contribution in [-0.2, 0) is 11.8 Å². The molecule has 3 aromatic carbocycles. The number of benzene rings is 3. The van der Waals surface area contributed by atoms with Crippen LogP contribution in [-0.4, -0.2) is 14.9 Å². The molecule has 0 aliphatic heterocycles. The average molecular weight is 475 g/mol. The van der Waals surface area contributed by atoms with Crippen LogP contribution in [0, 0.1) is 5.82 Å². The molecule has 0 spiro atoms. The SMILES string of the molecule is CC(C)(O)c1cc(-c2ccc(-c3ccc(F)cc3)cc2C(F)(F)F)n(-c2ccccc2Cl)n1. The van der Waals surface area contributed by atoms with Gasteiger partial charge >= 0.3 is 6.18 Å². The molecular weight excluding hydrogens is 456 g/mol. The van der Waals surface area contributed by atoms with Gasteiger partial charge in [0, 0.05) is 5.56 Å². The van der Waals surface area contributed by atoms with Gasteiger partial charge in [0.05, 0.1) is 27.7 Å². The van der Waals surface area contributed by atoms with E-state index in [9.17, 15) is 22.7 Å². The van der Waals surface area contributed by atoms with Crippen molar-refractivity contribution in [1.29, 1.82) is 0 Å². The van der Waals surface area contributed by atoms with Gasteiger partial charge < -0.3 is 5.11 Å². The van der Waals surface area contributed by atoms with Gasteiger partial charge in [-0.2, -0.15) is 18.3 Å². The molecule has 0 aliphatic carbocycles. The Morgan fingerprint density at radius 2 is 1.52 bits per heavy atom. The molecule has 0 bridgehead atoms. The van der Waals surface area contributed by atoms with Crippen molar-refractivity contribution in [2.75, 3.05) is 0 Å². The molecule has 1 aromatic heterocycles. The van der Waals surface area contributed by atoms with Crippen molar-refractivity contribution in [1.82, 2.24) is 9.78 Å². The lowest BCUT2D eigenvalue weighted by atomic mass is 9.96. The molecular formula is C25H19ClF4N2O. The van der Waals surface area contributed by atoms with Crippen LogP contribution in [0.3, 0.4) is 0 Å². The minimum absolute atomic E-state index is 0.123. The predicted molar refractivity (Wildman–Crippen MR) is 120 cm³/mol. The van der Waals surface area contributed by atoms with Gasteiger partial charge in [0.2, 0.25) is 0 Å². The second-order valence-electron chi connectivity index (χ2n) is 8.10. The largest absolute Gasteiger partial charge is 0.417 e. The van der Waals surface area contributed by atoms with Gasteiger partial charge in [-0.1, -0.05) is 48.0 Å². The number of halogens is 5. The monoisotopic (exact) mass is 474 g/mol. The third-order valence-corrected chi connectivity index (χ3v) is 5.51. The number of rotatable bonds is 4. The first-order valence-corrected chi connectivity index (χ1v) is 10.4. The molecule has 0 fully saturated rings. The Kier molecular flexibility index (Phi) is 5.80. The Labute approximate surface area is 192 Å². The molecule has 0 unspecified atom stereocenters. The van der Waals surface area contributed by atoms with E-state index in [2.05, 4.69) is 5.10 Å². The number of aliphatic hydroxyl groups is 1. The topological polar surface area (TPSA) is 38.0 Å². The molecule has 3 nitrogen and oxygen atoms in total. The van der Waals surface area contributed by atoms with E-state index in [1.165, 1.54) is 61.0 Å². The fourth-order valence-electron chi connectivity index (χ4n) is 3.50. The Morgan fingerprint density at radius 3 is 2.12 bits per heavy atom. The molecule has 0 radical (unpaired) electrons. The summed E-state index contributed by atoms with van der Waals surface area (Å²) in [7, 11) is 0. The van der Waals surface area contributed by atoms with Crippen molar-refractivity contribution in [3.63, 3.8) is 0 Å². The lowest BCUT2D eigenvalue weighted by molar-refractivity contribution is -0.137. The molecule has 33 heavy (non-hydrogen) atoms. The van der Waals surface area contributed by atoms with Gasteiger partial charge in [0.25, 0.3) is 0 Å². The molecule has 1 N–H and O–H groups in total. The summed E-state index contributed by atoms with van der Waals surface area (Å²) in [5, 5.41) is 15.1. The average Bonchev–Trinajstić information content (AvgIpc) is 3.19. The maximum atomic E-state index is 14.2. The number of hydrogen-bond donors (Lipinski definition) is 1. The van der Waals surface area contributed by atoms with Crippen LogP contribution in [0.25, 0.3) is 28.1 Å². The standard InChI is InChI=1S/C25H19ClF4N2O/c1-24(2,33)23-14-22(32(31-23)21-6-4-3-5-20(21)26)18-12-9-16(13-19(18)25(28,29)30)15-7-10-17(27)11-8-15/h3-14,33H,1-2H3. The zero-order chi connectivity index (χ0) is 24.0. The van der Waals surface area contributed by atoms with Crippen LogP contribution in [0.5, 0.6) is 0 Å². The van der Waals surface area contributed by atoms with Crippen molar-refractivity contribution < 1.29 is 22.7 Å². The van der Waals surface area contributed by atoms with E-state index < -0.39 is 23.2 Å². The highest BCUT2D eigenvalue weighted by Gasteiger charge is 2.36. The Morgan fingerprint density at radius 1 is 0.879 bits per heavy atom. The van der Waals surface area contributed by atoms with Crippen LogP contribution in [0.2, 0.25) is 5.02 Å². The second-order valence-corrected chi connectivity index (χ2v) is 8.51. The molecule has 1 heterocycles. The van der Waals surface area contributed by atoms with Gasteiger partial charge in [-0.15, -0.1) is 0 Å². The van der Waals surface area contributed by atoms with Crippen LogP contribution >= 0.6 is 11.6 Å². The molecule has 0 saturated heterocycles. The third-order valence-electron chi connectivity index (χ3n) is 5.20. The fraction of sp³-hybridized carbons (Fsp3) is 0.160.